The van der Waals surface area contributed by atoms with Gasteiger partial charge in [-0.2, -0.15) is 0 Å². The Balaban J connectivity index is 1.39. The van der Waals surface area contributed by atoms with Gasteiger partial charge in [-0.1, -0.05) is 36.2 Å². The van der Waals surface area contributed by atoms with Crippen LogP contribution in [0.5, 0.6) is 0 Å². The maximum atomic E-state index is 11.7. The van der Waals surface area contributed by atoms with Gasteiger partial charge in [0, 0.05) is 12.6 Å². The molecule has 3 aliphatic rings. The van der Waals surface area contributed by atoms with Crippen LogP contribution in [0, 0.1) is 24.7 Å². The topological polar surface area (TPSA) is 70.6 Å². The van der Waals surface area contributed by atoms with Crippen molar-refractivity contribution in [3.8, 4) is 0 Å². The van der Waals surface area contributed by atoms with E-state index < -0.39 is 9.84 Å². The third-order valence-corrected chi connectivity index (χ3v) is 8.32. The first kappa shape index (κ1) is 18.8. The summed E-state index contributed by atoms with van der Waals surface area (Å²) in [5.74, 6) is 3.33. The zero-order valence-electron chi connectivity index (χ0n) is 16.2. The first-order valence-electron chi connectivity index (χ1n) is 10.3. The Morgan fingerprint density at radius 1 is 1.15 bits per heavy atom. The molecule has 2 N–H and O–H groups in total. The molecule has 6 heteroatoms. The Labute approximate surface area is 163 Å². The molecule has 1 heterocycles. The van der Waals surface area contributed by atoms with E-state index in [-0.39, 0.29) is 5.92 Å². The van der Waals surface area contributed by atoms with Gasteiger partial charge >= 0.3 is 0 Å². The van der Waals surface area contributed by atoms with Gasteiger partial charge in [0.25, 0.3) is 0 Å². The number of fused-ring (bicyclic) bond motifs is 2. The minimum Gasteiger partial charge on any atom is -0.356 e. The van der Waals surface area contributed by atoms with Gasteiger partial charge in [0.2, 0.25) is 0 Å². The molecule has 0 spiro atoms. The molecule has 0 amide bonds. The predicted octanol–water partition coefficient (Wildman–Crippen LogP) is 2.65. The second-order valence-electron chi connectivity index (χ2n) is 8.73. The van der Waals surface area contributed by atoms with Crippen molar-refractivity contribution in [2.24, 2.45) is 22.7 Å². The van der Waals surface area contributed by atoms with Gasteiger partial charge in [0.05, 0.1) is 18.1 Å². The Bertz CT molecular complexity index is 788. The molecule has 148 valence electrons. The number of hydrogen-bond donors (Lipinski definition) is 2. The highest BCUT2D eigenvalue weighted by molar-refractivity contribution is 7.91. The normalized spacial score (nSPS) is 32.0. The molecule has 3 fully saturated rings. The molecule has 1 aromatic rings. The Kier molecular flexibility index (Phi) is 5.44. The zero-order valence-corrected chi connectivity index (χ0v) is 17.0. The van der Waals surface area contributed by atoms with Crippen molar-refractivity contribution in [1.82, 2.24) is 10.6 Å². The van der Waals surface area contributed by atoms with Crippen LogP contribution in [0.15, 0.2) is 29.3 Å². The maximum Gasteiger partial charge on any atom is 0.191 e. The number of nitrogens with zero attached hydrogens (tertiary/aromatic N) is 1. The molecule has 4 atom stereocenters. The number of sulfone groups is 1. The van der Waals surface area contributed by atoms with Crippen LogP contribution in [0.4, 0.5) is 0 Å². The summed E-state index contributed by atoms with van der Waals surface area (Å²) in [4.78, 5) is 4.81. The number of aliphatic imine (C=N–C) groups is 1. The fourth-order valence-electron chi connectivity index (χ4n) is 4.89. The Morgan fingerprint density at radius 2 is 1.96 bits per heavy atom. The van der Waals surface area contributed by atoms with E-state index in [1.54, 1.807) is 0 Å². The minimum atomic E-state index is -2.83. The minimum absolute atomic E-state index is 0.196. The third kappa shape index (κ3) is 4.84. The van der Waals surface area contributed by atoms with Gasteiger partial charge < -0.3 is 10.6 Å². The number of aryl methyl sites for hydroxylation is 1. The number of rotatable bonds is 5. The molecule has 1 aliphatic heterocycles. The molecular weight excluding hydrogens is 358 g/mol. The standard InChI is InChI=1S/C21H31N3O2S/c1-15-2-4-16(5-3-15)12-22-21(23-13-18-8-9-27(25,26)14-18)24-20-11-17-6-7-19(20)10-17/h2-5,17-20H,6-14H2,1H3,(H2,22,23,24). The van der Waals surface area contributed by atoms with Crippen LogP contribution in [0.25, 0.3) is 0 Å². The highest BCUT2D eigenvalue weighted by Crippen LogP contribution is 2.44. The lowest BCUT2D eigenvalue weighted by Gasteiger charge is -2.26. The lowest BCUT2D eigenvalue weighted by Crippen LogP contribution is -2.47. The second kappa shape index (κ2) is 7.82. The van der Waals surface area contributed by atoms with Crippen LogP contribution in [0.3, 0.4) is 0 Å². The molecule has 4 unspecified atom stereocenters. The van der Waals surface area contributed by atoms with Crippen LogP contribution in [-0.4, -0.2) is 38.5 Å². The number of guanidine groups is 1. The smallest absolute Gasteiger partial charge is 0.191 e. The van der Waals surface area contributed by atoms with Crippen molar-refractivity contribution < 1.29 is 8.42 Å². The summed E-state index contributed by atoms with van der Waals surface area (Å²) in [6.07, 6.45) is 6.06. The fourth-order valence-corrected chi connectivity index (χ4v) is 6.75. The quantitative estimate of drug-likeness (QED) is 0.600. The SMILES string of the molecule is Cc1ccc(CN=C(NCC2CCS(=O)(=O)C2)NC2CC3CCC2C3)cc1. The van der Waals surface area contributed by atoms with E-state index in [2.05, 4.69) is 41.8 Å². The third-order valence-electron chi connectivity index (χ3n) is 6.49. The van der Waals surface area contributed by atoms with Gasteiger partial charge in [0.15, 0.2) is 15.8 Å². The lowest BCUT2D eigenvalue weighted by atomic mass is 9.95. The fraction of sp³-hybridized carbons (Fsp3) is 0.667. The van der Waals surface area contributed by atoms with E-state index in [4.69, 9.17) is 4.99 Å². The van der Waals surface area contributed by atoms with Crippen LogP contribution in [0.1, 0.15) is 43.2 Å². The van der Waals surface area contributed by atoms with E-state index in [1.807, 2.05) is 0 Å². The van der Waals surface area contributed by atoms with Crippen molar-refractivity contribution >= 4 is 15.8 Å². The lowest BCUT2D eigenvalue weighted by molar-refractivity contribution is 0.386. The van der Waals surface area contributed by atoms with Crippen LogP contribution in [-0.2, 0) is 16.4 Å². The average Bonchev–Trinajstić information content (AvgIpc) is 3.34. The molecule has 2 bridgehead atoms. The van der Waals surface area contributed by atoms with E-state index in [0.717, 1.165) is 24.2 Å². The van der Waals surface area contributed by atoms with E-state index in [1.165, 1.54) is 36.8 Å². The van der Waals surface area contributed by atoms with E-state index in [9.17, 15) is 8.42 Å². The summed E-state index contributed by atoms with van der Waals surface area (Å²) >= 11 is 0. The molecule has 2 saturated carbocycles. The monoisotopic (exact) mass is 389 g/mol. The van der Waals surface area contributed by atoms with Crippen molar-refractivity contribution in [2.45, 2.75) is 51.6 Å². The summed E-state index contributed by atoms with van der Waals surface area (Å²) in [6, 6.07) is 8.99. The molecule has 2 aliphatic carbocycles. The van der Waals surface area contributed by atoms with Gasteiger partial charge in [-0.15, -0.1) is 0 Å². The highest BCUT2D eigenvalue weighted by atomic mass is 32.2. The van der Waals surface area contributed by atoms with Crippen molar-refractivity contribution in [3.63, 3.8) is 0 Å². The first-order chi connectivity index (χ1) is 13.0. The first-order valence-corrected chi connectivity index (χ1v) is 12.1. The molecule has 1 saturated heterocycles. The number of benzene rings is 1. The summed E-state index contributed by atoms with van der Waals surface area (Å²) in [7, 11) is -2.83. The summed E-state index contributed by atoms with van der Waals surface area (Å²) in [5.41, 5.74) is 2.45. The summed E-state index contributed by atoms with van der Waals surface area (Å²) < 4.78 is 23.4. The molecule has 27 heavy (non-hydrogen) atoms. The van der Waals surface area contributed by atoms with Crippen molar-refractivity contribution in [3.05, 3.63) is 35.4 Å². The van der Waals surface area contributed by atoms with Gasteiger partial charge in [-0.3, -0.25) is 0 Å². The number of nitrogens with one attached hydrogen (secondary N) is 2. The van der Waals surface area contributed by atoms with Gasteiger partial charge in [0.1, 0.15) is 0 Å². The molecule has 5 nitrogen and oxygen atoms in total. The zero-order chi connectivity index (χ0) is 18.9. The molecule has 4 rings (SSSR count). The second-order valence-corrected chi connectivity index (χ2v) is 11.0. The molecule has 0 aromatic heterocycles. The van der Waals surface area contributed by atoms with E-state index in [0.29, 0.717) is 30.6 Å². The molecular formula is C21H31N3O2S. The van der Waals surface area contributed by atoms with Gasteiger partial charge in [-0.05, 0) is 55.9 Å². The number of hydrogen-bond acceptors (Lipinski definition) is 3. The summed E-state index contributed by atoms with van der Waals surface area (Å²) in [6.45, 7) is 3.41. The summed E-state index contributed by atoms with van der Waals surface area (Å²) in [5, 5.41) is 7.11. The Morgan fingerprint density at radius 3 is 2.59 bits per heavy atom. The average molecular weight is 390 g/mol. The largest absolute Gasteiger partial charge is 0.356 e. The van der Waals surface area contributed by atoms with Crippen molar-refractivity contribution in [2.75, 3.05) is 18.1 Å². The molecule has 0 radical (unpaired) electrons. The maximum absolute atomic E-state index is 11.7. The Hall–Kier alpha value is -1.56. The van der Waals surface area contributed by atoms with E-state index >= 15 is 0 Å². The molecule has 1 aromatic carbocycles. The van der Waals surface area contributed by atoms with Crippen LogP contribution >= 0.6 is 0 Å². The van der Waals surface area contributed by atoms with Crippen LogP contribution < -0.4 is 10.6 Å². The van der Waals surface area contributed by atoms with Gasteiger partial charge in [-0.25, -0.2) is 13.4 Å². The van der Waals surface area contributed by atoms with Crippen molar-refractivity contribution in [1.29, 1.82) is 0 Å². The predicted molar refractivity (Wildman–Crippen MR) is 109 cm³/mol. The highest BCUT2D eigenvalue weighted by Gasteiger charge is 2.40. The van der Waals surface area contributed by atoms with Crippen LogP contribution in [0.2, 0.25) is 0 Å².